The largest absolute Gasteiger partial charge is 0.478 e. The molecule has 0 atom stereocenters. The van der Waals surface area contributed by atoms with E-state index in [1.807, 2.05) is 0 Å². The van der Waals surface area contributed by atoms with E-state index in [1.54, 1.807) is 30.3 Å². The third-order valence-electron chi connectivity index (χ3n) is 3.33. The first-order chi connectivity index (χ1) is 11.9. The number of benzene rings is 2. The molecule has 0 spiro atoms. The van der Waals surface area contributed by atoms with Gasteiger partial charge in [-0.1, -0.05) is 23.2 Å². The molecule has 0 fully saturated rings. The topological polar surface area (TPSA) is 80.3 Å². The molecule has 0 unspecified atom stereocenters. The number of nitrogens with zero attached hydrogens (tertiary/aromatic N) is 2. The fourth-order valence-electron chi connectivity index (χ4n) is 2.07. The first-order valence-corrected chi connectivity index (χ1v) is 8.21. The standard InChI is InChI=1S/C16H11Cl2N3O3S/c17-10-3-6-12(13(18)7-10)14-20-21(16(25)24-14)8-19-11-4-1-9(2-5-11)15(22)23/h1-7,19H,8H2,(H,22,23). The second-order valence-corrected chi connectivity index (χ2v) is 6.21. The number of carbonyl (C=O) groups is 1. The first kappa shape index (κ1) is 17.5. The number of aromatic carboxylic acids is 1. The van der Waals surface area contributed by atoms with Gasteiger partial charge in [-0.2, -0.15) is 0 Å². The smallest absolute Gasteiger partial charge is 0.335 e. The van der Waals surface area contributed by atoms with Crippen molar-refractivity contribution in [2.24, 2.45) is 0 Å². The van der Waals surface area contributed by atoms with Crippen molar-refractivity contribution in [3.8, 4) is 11.5 Å². The van der Waals surface area contributed by atoms with Gasteiger partial charge < -0.3 is 14.8 Å². The SMILES string of the molecule is O=C(O)c1ccc(NCn2nc(-c3ccc(Cl)cc3Cl)oc2=S)cc1. The van der Waals surface area contributed by atoms with Crippen molar-refractivity contribution in [1.29, 1.82) is 0 Å². The van der Waals surface area contributed by atoms with Gasteiger partial charge >= 0.3 is 5.97 Å². The lowest BCUT2D eigenvalue weighted by Crippen LogP contribution is -2.09. The summed E-state index contributed by atoms with van der Waals surface area (Å²) in [6.45, 7) is 0.250. The highest BCUT2D eigenvalue weighted by Gasteiger charge is 2.12. The van der Waals surface area contributed by atoms with Gasteiger partial charge in [0.1, 0.15) is 6.67 Å². The minimum atomic E-state index is -0.977. The summed E-state index contributed by atoms with van der Waals surface area (Å²) >= 11 is 17.2. The van der Waals surface area contributed by atoms with E-state index >= 15 is 0 Å². The van der Waals surface area contributed by atoms with Crippen molar-refractivity contribution >= 4 is 47.1 Å². The molecule has 1 heterocycles. The van der Waals surface area contributed by atoms with Gasteiger partial charge in [0.25, 0.3) is 4.84 Å². The molecular weight excluding hydrogens is 385 g/mol. The minimum absolute atomic E-state index is 0.177. The molecule has 0 saturated heterocycles. The van der Waals surface area contributed by atoms with Crippen LogP contribution in [0.5, 0.6) is 0 Å². The van der Waals surface area contributed by atoms with Crippen LogP contribution in [0.1, 0.15) is 10.4 Å². The van der Waals surface area contributed by atoms with Gasteiger partial charge in [-0.05, 0) is 54.7 Å². The maximum atomic E-state index is 10.8. The Morgan fingerprint density at radius 3 is 2.60 bits per heavy atom. The molecule has 1 aromatic heterocycles. The maximum Gasteiger partial charge on any atom is 0.335 e. The third-order valence-corrected chi connectivity index (χ3v) is 4.17. The van der Waals surface area contributed by atoms with Crippen LogP contribution in [0.2, 0.25) is 10.0 Å². The average Bonchev–Trinajstić information content (AvgIpc) is 2.94. The highest BCUT2D eigenvalue weighted by atomic mass is 35.5. The highest BCUT2D eigenvalue weighted by Crippen LogP contribution is 2.29. The van der Waals surface area contributed by atoms with Crippen LogP contribution in [-0.4, -0.2) is 20.9 Å². The van der Waals surface area contributed by atoms with Gasteiger partial charge in [-0.25, -0.2) is 9.48 Å². The van der Waals surface area contributed by atoms with Crippen molar-refractivity contribution in [2.75, 3.05) is 5.32 Å². The van der Waals surface area contributed by atoms with Crippen LogP contribution in [0.15, 0.2) is 46.9 Å². The van der Waals surface area contributed by atoms with E-state index in [-0.39, 0.29) is 23.0 Å². The van der Waals surface area contributed by atoms with Gasteiger partial charge in [0, 0.05) is 10.7 Å². The number of carboxylic acids is 1. The van der Waals surface area contributed by atoms with E-state index in [0.29, 0.717) is 15.6 Å². The first-order valence-electron chi connectivity index (χ1n) is 7.04. The van der Waals surface area contributed by atoms with Crippen LogP contribution in [0.3, 0.4) is 0 Å². The van der Waals surface area contributed by atoms with Crippen LogP contribution in [0.4, 0.5) is 5.69 Å². The zero-order chi connectivity index (χ0) is 18.0. The number of halogens is 2. The number of hydrogen-bond donors (Lipinski definition) is 2. The summed E-state index contributed by atoms with van der Waals surface area (Å²) < 4.78 is 6.94. The molecule has 3 rings (SSSR count). The molecule has 128 valence electrons. The quantitative estimate of drug-likeness (QED) is 0.595. The van der Waals surface area contributed by atoms with E-state index in [0.717, 1.165) is 5.69 Å². The fourth-order valence-corrected chi connectivity index (χ4v) is 2.75. The van der Waals surface area contributed by atoms with E-state index in [2.05, 4.69) is 10.4 Å². The lowest BCUT2D eigenvalue weighted by molar-refractivity contribution is 0.0697. The Labute approximate surface area is 157 Å². The zero-order valence-electron chi connectivity index (χ0n) is 12.6. The molecule has 3 aromatic rings. The molecule has 25 heavy (non-hydrogen) atoms. The van der Waals surface area contributed by atoms with Crippen molar-refractivity contribution < 1.29 is 14.3 Å². The van der Waals surface area contributed by atoms with Crippen molar-refractivity contribution in [3.63, 3.8) is 0 Å². The molecule has 0 saturated carbocycles. The predicted molar refractivity (Wildman–Crippen MR) is 97.8 cm³/mol. The summed E-state index contributed by atoms with van der Waals surface area (Å²) in [6, 6.07) is 11.3. The van der Waals surface area contributed by atoms with Crippen molar-refractivity contribution in [1.82, 2.24) is 9.78 Å². The van der Waals surface area contributed by atoms with Crippen molar-refractivity contribution in [3.05, 3.63) is 62.9 Å². The normalized spacial score (nSPS) is 10.6. The highest BCUT2D eigenvalue weighted by molar-refractivity contribution is 7.71. The van der Waals surface area contributed by atoms with Crippen LogP contribution < -0.4 is 5.32 Å². The summed E-state index contributed by atoms with van der Waals surface area (Å²) in [5, 5.41) is 17.2. The monoisotopic (exact) mass is 395 g/mol. The Morgan fingerprint density at radius 1 is 1.24 bits per heavy atom. The molecule has 6 nitrogen and oxygen atoms in total. The van der Waals surface area contributed by atoms with E-state index in [1.165, 1.54) is 16.8 Å². The minimum Gasteiger partial charge on any atom is -0.478 e. The number of aromatic nitrogens is 2. The van der Waals surface area contributed by atoms with Gasteiger partial charge in [0.15, 0.2) is 0 Å². The Hall–Kier alpha value is -2.35. The van der Waals surface area contributed by atoms with E-state index in [9.17, 15) is 4.79 Å². The molecule has 0 aliphatic carbocycles. The Kier molecular flexibility index (Phi) is 5.08. The third kappa shape index (κ3) is 4.01. The predicted octanol–water partition coefficient (Wildman–Crippen LogP) is 4.95. The summed E-state index contributed by atoms with van der Waals surface area (Å²) in [7, 11) is 0. The summed E-state index contributed by atoms with van der Waals surface area (Å²) in [4.78, 5) is 11.0. The summed E-state index contributed by atoms with van der Waals surface area (Å²) in [5.74, 6) is -0.690. The van der Waals surface area contributed by atoms with Gasteiger partial charge in [-0.3, -0.25) is 0 Å². The van der Waals surface area contributed by atoms with Gasteiger partial charge in [0.2, 0.25) is 5.89 Å². The lowest BCUT2D eigenvalue weighted by Gasteiger charge is -2.05. The average molecular weight is 396 g/mol. The van der Waals surface area contributed by atoms with Crippen LogP contribution in [0.25, 0.3) is 11.5 Å². The number of nitrogens with one attached hydrogen (secondary N) is 1. The fraction of sp³-hybridized carbons (Fsp3) is 0.0625. The van der Waals surface area contributed by atoms with E-state index < -0.39 is 5.97 Å². The molecule has 0 aliphatic heterocycles. The number of carboxylic acid groups (broad SMARTS) is 1. The molecule has 2 aromatic carbocycles. The number of anilines is 1. The molecule has 2 N–H and O–H groups in total. The Bertz CT molecular complexity index is 983. The van der Waals surface area contributed by atoms with Gasteiger partial charge in [-0.15, -0.1) is 5.10 Å². The number of rotatable bonds is 5. The molecule has 0 amide bonds. The molecule has 0 aliphatic rings. The lowest BCUT2D eigenvalue weighted by atomic mass is 10.2. The summed E-state index contributed by atoms with van der Waals surface area (Å²) in [5.41, 5.74) is 1.52. The molecular formula is C16H11Cl2N3O3S. The maximum absolute atomic E-state index is 10.8. The molecule has 0 bridgehead atoms. The van der Waals surface area contributed by atoms with Crippen LogP contribution in [0, 0.1) is 4.84 Å². The summed E-state index contributed by atoms with van der Waals surface area (Å²) in [6.07, 6.45) is 0. The van der Waals surface area contributed by atoms with E-state index in [4.69, 9.17) is 44.9 Å². The van der Waals surface area contributed by atoms with Crippen LogP contribution in [-0.2, 0) is 6.67 Å². The van der Waals surface area contributed by atoms with Gasteiger partial charge in [0.05, 0.1) is 16.1 Å². The Balaban J connectivity index is 1.76. The Morgan fingerprint density at radius 2 is 1.96 bits per heavy atom. The molecule has 9 heteroatoms. The number of hydrogen-bond acceptors (Lipinski definition) is 5. The zero-order valence-corrected chi connectivity index (χ0v) is 14.9. The molecule has 0 radical (unpaired) electrons. The second kappa shape index (κ2) is 7.26. The van der Waals surface area contributed by atoms with Crippen LogP contribution >= 0.6 is 35.4 Å². The second-order valence-electron chi connectivity index (χ2n) is 5.01. The van der Waals surface area contributed by atoms with Crippen molar-refractivity contribution in [2.45, 2.75) is 6.67 Å².